The van der Waals surface area contributed by atoms with Gasteiger partial charge in [0.25, 0.3) is 0 Å². The van der Waals surface area contributed by atoms with E-state index in [9.17, 15) is 4.79 Å². The number of unbranched alkanes of at least 4 members (excludes halogenated alkanes) is 1. The minimum Gasteiger partial charge on any atom is -0.478 e. The van der Waals surface area contributed by atoms with E-state index in [1.54, 1.807) is 0 Å². The Labute approximate surface area is 73.3 Å². The number of carboxylic acid groups (broad SMARTS) is 1. The minimum atomic E-state index is -0.714. The maximum absolute atomic E-state index is 10.7. The fraction of sp³-hybridized carbons (Fsp3) is 0.700. The van der Waals surface area contributed by atoms with Gasteiger partial charge in [-0.1, -0.05) is 25.8 Å². The largest absolute Gasteiger partial charge is 0.478 e. The van der Waals surface area contributed by atoms with Crippen molar-refractivity contribution in [3.8, 4) is 0 Å². The van der Waals surface area contributed by atoms with Crippen LogP contribution in [-0.4, -0.2) is 11.1 Å². The highest BCUT2D eigenvalue weighted by Crippen LogP contribution is 2.29. The van der Waals surface area contributed by atoms with Gasteiger partial charge in [-0.05, 0) is 25.2 Å². The minimum absolute atomic E-state index is 0.336. The van der Waals surface area contributed by atoms with Gasteiger partial charge in [-0.15, -0.1) is 0 Å². The predicted octanol–water partition coefficient (Wildman–Crippen LogP) is 2.60. The lowest BCUT2D eigenvalue weighted by atomic mass is 9.95. The molecular formula is C10H16O2. The quantitative estimate of drug-likeness (QED) is 0.700. The second kappa shape index (κ2) is 4.29. The molecule has 1 unspecified atom stereocenters. The number of hydrogen-bond acceptors (Lipinski definition) is 1. The van der Waals surface area contributed by atoms with E-state index < -0.39 is 5.97 Å². The number of carboxylic acids is 1. The normalized spacial score (nSPS) is 22.4. The molecule has 0 spiro atoms. The molecule has 1 rings (SSSR count). The summed E-state index contributed by atoms with van der Waals surface area (Å²) >= 11 is 0. The zero-order chi connectivity index (χ0) is 8.97. The standard InChI is InChI=1S/C10H16O2/c1-2-3-5-8-6-4-7-9(8)10(11)12/h7-8H,2-6H2,1H3,(H,11,12). The van der Waals surface area contributed by atoms with Crippen molar-refractivity contribution in [2.24, 2.45) is 5.92 Å². The fourth-order valence-corrected chi connectivity index (χ4v) is 1.77. The summed E-state index contributed by atoms with van der Waals surface area (Å²) in [5, 5.41) is 8.81. The average Bonchev–Trinajstić information content (AvgIpc) is 2.48. The maximum atomic E-state index is 10.7. The Morgan fingerprint density at radius 2 is 2.50 bits per heavy atom. The molecule has 0 heterocycles. The van der Waals surface area contributed by atoms with E-state index in [-0.39, 0.29) is 0 Å². The van der Waals surface area contributed by atoms with E-state index >= 15 is 0 Å². The summed E-state index contributed by atoms with van der Waals surface area (Å²) in [6.07, 6.45) is 7.23. The zero-order valence-corrected chi connectivity index (χ0v) is 7.55. The van der Waals surface area contributed by atoms with Crippen molar-refractivity contribution in [3.63, 3.8) is 0 Å². The van der Waals surface area contributed by atoms with Crippen molar-refractivity contribution in [2.75, 3.05) is 0 Å². The van der Waals surface area contributed by atoms with Crippen LogP contribution in [0.4, 0.5) is 0 Å². The van der Waals surface area contributed by atoms with E-state index in [1.807, 2.05) is 6.08 Å². The monoisotopic (exact) mass is 168 g/mol. The third-order valence-electron chi connectivity index (χ3n) is 2.47. The highest BCUT2D eigenvalue weighted by Gasteiger charge is 2.23. The SMILES string of the molecule is CCCCC1CCC=C1C(=O)O. The van der Waals surface area contributed by atoms with E-state index in [1.165, 1.54) is 0 Å². The van der Waals surface area contributed by atoms with Gasteiger partial charge in [-0.2, -0.15) is 0 Å². The molecule has 1 N–H and O–H groups in total. The molecule has 0 bridgehead atoms. The van der Waals surface area contributed by atoms with Crippen LogP contribution in [0.25, 0.3) is 0 Å². The second-order valence-electron chi connectivity index (χ2n) is 3.38. The number of rotatable bonds is 4. The number of carbonyl (C=O) groups is 1. The Kier molecular flexibility index (Phi) is 3.32. The lowest BCUT2D eigenvalue weighted by molar-refractivity contribution is -0.133. The summed E-state index contributed by atoms with van der Waals surface area (Å²) in [6, 6.07) is 0. The molecule has 2 heteroatoms. The molecule has 0 amide bonds. The van der Waals surface area contributed by atoms with E-state index in [0.29, 0.717) is 11.5 Å². The molecular weight excluding hydrogens is 152 g/mol. The smallest absolute Gasteiger partial charge is 0.331 e. The summed E-state index contributed by atoms with van der Waals surface area (Å²) in [7, 11) is 0. The van der Waals surface area contributed by atoms with Crippen LogP contribution in [-0.2, 0) is 4.79 Å². The van der Waals surface area contributed by atoms with Gasteiger partial charge < -0.3 is 5.11 Å². The van der Waals surface area contributed by atoms with Crippen molar-refractivity contribution in [2.45, 2.75) is 39.0 Å². The van der Waals surface area contributed by atoms with Crippen LogP contribution in [0.1, 0.15) is 39.0 Å². The first-order valence-electron chi connectivity index (χ1n) is 4.69. The van der Waals surface area contributed by atoms with Crippen LogP contribution < -0.4 is 0 Å². The molecule has 0 saturated heterocycles. The third kappa shape index (κ3) is 2.10. The van der Waals surface area contributed by atoms with E-state index in [2.05, 4.69) is 6.92 Å². The Morgan fingerprint density at radius 1 is 1.75 bits per heavy atom. The molecule has 2 nitrogen and oxygen atoms in total. The average molecular weight is 168 g/mol. The highest BCUT2D eigenvalue weighted by atomic mass is 16.4. The van der Waals surface area contributed by atoms with Gasteiger partial charge in [0.1, 0.15) is 0 Å². The molecule has 1 aliphatic rings. The van der Waals surface area contributed by atoms with Crippen molar-refractivity contribution in [1.29, 1.82) is 0 Å². The second-order valence-corrected chi connectivity index (χ2v) is 3.38. The predicted molar refractivity (Wildman–Crippen MR) is 48.0 cm³/mol. The molecule has 1 aliphatic carbocycles. The molecule has 0 aromatic carbocycles. The molecule has 12 heavy (non-hydrogen) atoms. The van der Waals surface area contributed by atoms with Crippen LogP contribution in [0.15, 0.2) is 11.6 Å². The molecule has 0 radical (unpaired) electrons. The van der Waals surface area contributed by atoms with Gasteiger partial charge in [0, 0.05) is 5.57 Å². The van der Waals surface area contributed by atoms with Crippen molar-refractivity contribution >= 4 is 5.97 Å². The van der Waals surface area contributed by atoms with Crippen LogP contribution in [0.3, 0.4) is 0 Å². The van der Waals surface area contributed by atoms with Gasteiger partial charge in [-0.25, -0.2) is 4.79 Å². The molecule has 0 aromatic rings. The van der Waals surface area contributed by atoms with Crippen molar-refractivity contribution in [3.05, 3.63) is 11.6 Å². The van der Waals surface area contributed by atoms with Gasteiger partial charge in [-0.3, -0.25) is 0 Å². The van der Waals surface area contributed by atoms with Crippen molar-refractivity contribution < 1.29 is 9.90 Å². The molecule has 1 atom stereocenters. The van der Waals surface area contributed by atoms with Crippen LogP contribution in [0.2, 0.25) is 0 Å². The molecule has 0 fully saturated rings. The highest BCUT2D eigenvalue weighted by molar-refractivity contribution is 5.87. The van der Waals surface area contributed by atoms with E-state index in [4.69, 9.17) is 5.11 Å². The molecule has 68 valence electrons. The molecule has 0 aliphatic heterocycles. The Bertz CT molecular complexity index is 194. The molecule has 0 saturated carbocycles. The summed E-state index contributed by atoms with van der Waals surface area (Å²) in [5.74, 6) is -0.379. The first-order chi connectivity index (χ1) is 5.75. The Balaban J connectivity index is 2.44. The number of hydrogen-bond donors (Lipinski definition) is 1. The first-order valence-corrected chi connectivity index (χ1v) is 4.69. The van der Waals surface area contributed by atoms with Crippen LogP contribution >= 0.6 is 0 Å². The summed E-state index contributed by atoms with van der Waals surface area (Å²) < 4.78 is 0. The van der Waals surface area contributed by atoms with Gasteiger partial charge in [0.05, 0.1) is 0 Å². The Hall–Kier alpha value is -0.790. The van der Waals surface area contributed by atoms with Gasteiger partial charge >= 0.3 is 5.97 Å². The maximum Gasteiger partial charge on any atom is 0.331 e. The molecule has 0 aromatic heterocycles. The van der Waals surface area contributed by atoms with Gasteiger partial charge in [0.15, 0.2) is 0 Å². The lowest BCUT2D eigenvalue weighted by Gasteiger charge is -2.10. The fourth-order valence-electron chi connectivity index (χ4n) is 1.77. The Morgan fingerprint density at radius 3 is 3.08 bits per heavy atom. The topological polar surface area (TPSA) is 37.3 Å². The summed E-state index contributed by atoms with van der Waals surface area (Å²) in [5.41, 5.74) is 0.656. The summed E-state index contributed by atoms with van der Waals surface area (Å²) in [6.45, 7) is 2.14. The summed E-state index contributed by atoms with van der Waals surface area (Å²) in [4.78, 5) is 10.7. The first kappa shape index (κ1) is 9.30. The number of allylic oxidation sites excluding steroid dienone is 1. The van der Waals surface area contributed by atoms with Crippen LogP contribution in [0.5, 0.6) is 0 Å². The van der Waals surface area contributed by atoms with Gasteiger partial charge in [0.2, 0.25) is 0 Å². The van der Waals surface area contributed by atoms with Crippen molar-refractivity contribution in [1.82, 2.24) is 0 Å². The van der Waals surface area contributed by atoms with E-state index in [0.717, 1.165) is 32.1 Å². The zero-order valence-electron chi connectivity index (χ0n) is 7.55. The number of aliphatic carboxylic acids is 1. The third-order valence-corrected chi connectivity index (χ3v) is 2.47. The van der Waals surface area contributed by atoms with Crippen LogP contribution in [0, 0.1) is 5.92 Å². The lowest BCUT2D eigenvalue weighted by Crippen LogP contribution is -2.08.